The third-order valence-electron chi connectivity index (χ3n) is 3.23. The second-order valence-electron chi connectivity index (χ2n) is 4.55. The van der Waals surface area contributed by atoms with E-state index in [9.17, 15) is 18.0 Å². The van der Waals surface area contributed by atoms with E-state index in [4.69, 9.17) is 0 Å². The Hall–Kier alpha value is -1.15. The zero-order valence-electron chi connectivity index (χ0n) is 10.3. The number of hydrogen-bond acceptors (Lipinski definition) is 4. The number of aryl methyl sites for hydroxylation is 1. The fourth-order valence-corrected chi connectivity index (χ4v) is 2.70. The summed E-state index contributed by atoms with van der Waals surface area (Å²) in [4.78, 5) is 16.0. The van der Waals surface area contributed by atoms with Crippen molar-refractivity contribution in [3.05, 3.63) is 16.1 Å². The number of carbonyl (C=O) groups excluding carboxylic acids is 1. The Labute approximate surface area is 112 Å². The largest absolute Gasteiger partial charge is 0.404 e. The molecule has 1 fully saturated rings. The summed E-state index contributed by atoms with van der Waals surface area (Å²) in [6.07, 6.45) is -4.77. The summed E-state index contributed by atoms with van der Waals surface area (Å²) in [6.45, 7) is 1.66. The van der Waals surface area contributed by atoms with Crippen LogP contribution in [0.25, 0.3) is 0 Å². The number of amides is 1. The Kier molecular flexibility index (Phi) is 3.82. The molecule has 19 heavy (non-hydrogen) atoms. The van der Waals surface area contributed by atoms with Gasteiger partial charge >= 0.3 is 6.18 Å². The maximum Gasteiger partial charge on any atom is 0.404 e. The van der Waals surface area contributed by atoms with Gasteiger partial charge in [-0.3, -0.25) is 4.79 Å². The molecule has 0 bridgehead atoms. The van der Waals surface area contributed by atoms with Gasteiger partial charge in [0.25, 0.3) is 0 Å². The van der Waals surface area contributed by atoms with Crippen molar-refractivity contribution in [2.75, 3.05) is 13.1 Å². The van der Waals surface area contributed by atoms with E-state index in [-0.39, 0.29) is 26.1 Å². The van der Waals surface area contributed by atoms with Crippen molar-refractivity contribution in [3.63, 3.8) is 0 Å². The topological polar surface area (TPSA) is 54.0 Å². The van der Waals surface area contributed by atoms with Crippen molar-refractivity contribution in [3.8, 4) is 0 Å². The highest BCUT2D eigenvalue weighted by Crippen LogP contribution is 2.43. The Morgan fingerprint density at radius 2 is 2.37 bits per heavy atom. The summed E-state index contributed by atoms with van der Waals surface area (Å²) in [6, 6.07) is 0. The Balaban J connectivity index is 2.05. The zero-order chi connectivity index (χ0) is 14.1. The van der Waals surface area contributed by atoms with Crippen LogP contribution in [0.15, 0.2) is 5.38 Å². The number of hydrogen-bond donors (Lipinski definition) is 2. The minimum Gasteiger partial charge on any atom is -0.350 e. The van der Waals surface area contributed by atoms with E-state index in [1.165, 1.54) is 11.3 Å². The molecule has 2 heterocycles. The lowest BCUT2D eigenvalue weighted by molar-refractivity contribution is -0.216. The first-order valence-electron chi connectivity index (χ1n) is 5.82. The highest BCUT2D eigenvalue weighted by atomic mass is 32.1. The molecule has 0 aliphatic carbocycles. The number of nitrogens with zero attached hydrogens (tertiary/aromatic N) is 1. The van der Waals surface area contributed by atoms with Crippen LogP contribution in [-0.2, 0) is 11.3 Å². The first-order chi connectivity index (χ1) is 8.85. The standard InChI is InChI=1S/C11H14F3N3OS/c1-7-17-8(5-19-7)4-16-9(18)10(11(12,13)14)2-3-15-6-10/h5,15H,2-4,6H2,1H3,(H,16,18). The molecule has 0 radical (unpaired) electrons. The minimum atomic E-state index is -4.54. The van der Waals surface area contributed by atoms with Crippen molar-refractivity contribution in [2.45, 2.75) is 26.1 Å². The Bertz CT molecular complexity index is 466. The van der Waals surface area contributed by atoms with Crippen molar-refractivity contribution in [1.29, 1.82) is 0 Å². The normalized spacial score (nSPS) is 23.6. The first kappa shape index (κ1) is 14.3. The molecule has 1 aromatic heterocycles. The van der Waals surface area contributed by atoms with Gasteiger partial charge in [-0.05, 0) is 19.9 Å². The fraction of sp³-hybridized carbons (Fsp3) is 0.636. The van der Waals surface area contributed by atoms with E-state index in [1.807, 2.05) is 0 Å². The van der Waals surface area contributed by atoms with Gasteiger partial charge < -0.3 is 10.6 Å². The van der Waals surface area contributed by atoms with E-state index in [0.29, 0.717) is 5.69 Å². The van der Waals surface area contributed by atoms with Gasteiger partial charge in [-0.25, -0.2) is 4.98 Å². The maximum atomic E-state index is 13.1. The molecular weight excluding hydrogens is 279 g/mol. The third kappa shape index (κ3) is 2.74. The van der Waals surface area contributed by atoms with Gasteiger partial charge in [-0.2, -0.15) is 13.2 Å². The maximum absolute atomic E-state index is 13.1. The molecule has 0 spiro atoms. The van der Waals surface area contributed by atoms with Gasteiger partial charge in [0.1, 0.15) is 0 Å². The molecule has 8 heteroatoms. The summed E-state index contributed by atoms with van der Waals surface area (Å²) in [5.41, 5.74) is -1.72. The van der Waals surface area contributed by atoms with Crippen molar-refractivity contribution >= 4 is 17.2 Å². The van der Waals surface area contributed by atoms with Crippen LogP contribution < -0.4 is 10.6 Å². The third-order valence-corrected chi connectivity index (χ3v) is 4.05. The van der Waals surface area contributed by atoms with E-state index in [2.05, 4.69) is 15.6 Å². The molecule has 1 aliphatic heterocycles. The van der Waals surface area contributed by atoms with Crippen molar-refractivity contribution < 1.29 is 18.0 Å². The lowest BCUT2D eigenvalue weighted by atomic mass is 9.85. The monoisotopic (exact) mass is 293 g/mol. The van der Waals surface area contributed by atoms with Gasteiger partial charge in [-0.1, -0.05) is 0 Å². The minimum absolute atomic E-state index is 0.0288. The van der Waals surface area contributed by atoms with Crippen molar-refractivity contribution in [1.82, 2.24) is 15.6 Å². The average Bonchev–Trinajstić information content (AvgIpc) is 2.94. The van der Waals surface area contributed by atoms with Gasteiger partial charge in [0.05, 0.1) is 17.2 Å². The summed E-state index contributed by atoms with van der Waals surface area (Å²) < 4.78 is 39.2. The molecule has 2 N–H and O–H groups in total. The predicted octanol–water partition coefficient (Wildman–Crippen LogP) is 1.61. The highest BCUT2D eigenvalue weighted by Gasteiger charge is 2.61. The van der Waals surface area contributed by atoms with E-state index < -0.39 is 17.5 Å². The first-order valence-corrected chi connectivity index (χ1v) is 6.70. The number of rotatable bonds is 3. The number of thiazole rings is 1. The second kappa shape index (κ2) is 5.09. The van der Waals surface area contributed by atoms with Crippen molar-refractivity contribution in [2.24, 2.45) is 5.41 Å². The number of alkyl halides is 3. The molecule has 4 nitrogen and oxygen atoms in total. The molecule has 1 amide bonds. The van der Waals surface area contributed by atoms with Crippen LogP contribution >= 0.6 is 11.3 Å². The van der Waals surface area contributed by atoms with Crippen LogP contribution in [0.4, 0.5) is 13.2 Å². The van der Waals surface area contributed by atoms with Gasteiger partial charge in [0.2, 0.25) is 5.91 Å². The molecule has 1 saturated heterocycles. The van der Waals surface area contributed by atoms with Crippen LogP contribution in [0, 0.1) is 12.3 Å². The van der Waals surface area contributed by atoms with E-state index >= 15 is 0 Å². The van der Waals surface area contributed by atoms with E-state index in [1.54, 1.807) is 12.3 Å². The molecule has 1 aliphatic rings. The molecule has 2 rings (SSSR count). The van der Waals surface area contributed by atoms with E-state index in [0.717, 1.165) is 5.01 Å². The number of carbonyl (C=O) groups is 1. The average molecular weight is 293 g/mol. The predicted molar refractivity (Wildman–Crippen MR) is 64.7 cm³/mol. The zero-order valence-corrected chi connectivity index (χ0v) is 11.1. The number of halogens is 3. The summed E-state index contributed by atoms with van der Waals surface area (Å²) in [7, 11) is 0. The summed E-state index contributed by atoms with van der Waals surface area (Å²) in [5.74, 6) is -0.976. The van der Waals surface area contributed by atoms with Crippen LogP contribution in [0.3, 0.4) is 0 Å². The Morgan fingerprint density at radius 1 is 1.63 bits per heavy atom. The van der Waals surface area contributed by atoms with Crippen LogP contribution in [0.1, 0.15) is 17.1 Å². The quantitative estimate of drug-likeness (QED) is 0.890. The Morgan fingerprint density at radius 3 is 2.84 bits per heavy atom. The SMILES string of the molecule is Cc1nc(CNC(=O)C2(C(F)(F)F)CCNC2)cs1. The number of aromatic nitrogens is 1. The second-order valence-corrected chi connectivity index (χ2v) is 5.61. The summed E-state index contributed by atoms with van der Waals surface area (Å²) >= 11 is 1.40. The molecule has 1 atom stereocenters. The smallest absolute Gasteiger partial charge is 0.350 e. The lowest BCUT2D eigenvalue weighted by Crippen LogP contribution is -2.52. The molecule has 106 valence electrons. The summed E-state index contributed by atoms with van der Waals surface area (Å²) in [5, 5.41) is 7.50. The van der Waals surface area contributed by atoms with Crippen LogP contribution in [0.2, 0.25) is 0 Å². The van der Waals surface area contributed by atoms with Crippen LogP contribution in [-0.4, -0.2) is 30.2 Å². The highest BCUT2D eigenvalue weighted by molar-refractivity contribution is 7.09. The molecule has 0 aromatic carbocycles. The van der Waals surface area contributed by atoms with Gasteiger partial charge in [0.15, 0.2) is 5.41 Å². The van der Waals surface area contributed by atoms with Gasteiger partial charge in [-0.15, -0.1) is 11.3 Å². The van der Waals surface area contributed by atoms with Gasteiger partial charge in [0, 0.05) is 11.9 Å². The molecule has 1 unspecified atom stereocenters. The molecular formula is C11H14F3N3OS. The fourth-order valence-electron chi connectivity index (χ4n) is 2.09. The van der Waals surface area contributed by atoms with Crippen LogP contribution in [0.5, 0.6) is 0 Å². The molecule has 0 saturated carbocycles. The molecule has 1 aromatic rings. The number of nitrogens with one attached hydrogen (secondary N) is 2. The lowest BCUT2D eigenvalue weighted by Gasteiger charge is -2.29.